The molecular weight excluding hydrogens is 250 g/mol. The van der Waals surface area contributed by atoms with Crippen molar-refractivity contribution < 1.29 is 8.42 Å². The molecule has 2 rings (SSSR count). The molecule has 2 aliphatic rings. The van der Waals surface area contributed by atoms with Crippen LogP contribution in [0, 0.1) is 0 Å². The third-order valence-electron chi connectivity index (χ3n) is 3.94. The van der Waals surface area contributed by atoms with Crippen LogP contribution in [0.4, 0.5) is 0 Å². The third kappa shape index (κ3) is 3.23. The van der Waals surface area contributed by atoms with Crippen molar-refractivity contribution in [3.63, 3.8) is 0 Å². The number of nitrogens with zero attached hydrogens (tertiary/aromatic N) is 2. The molecule has 6 heteroatoms. The van der Waals surface area contributed by atoms with Crippen LogP contribution in [0.1, 0.15) is 26.2 Å². The minimum atomic E-state index is -3.06. The zero-order valence-corrected chi connectivity index (χ0v) is 12.1. The lowest BCUT2D eigenvalue weighted by Gasteiger charge is -2.36. The second kappa shape index (κ2) is 6.32. The summed E-state index contributed by atoms with van der Waals surface area (Å²) in [5.74, 6) is 0. The molecule has 2 fully saturated rings. The summed E-state index contributed by atoms with van der Waals surface area (Å²) in [6, 6.07) is 0. The topological polar surface area (TPSA) is 52.7 Å². The second-order valence-electron chi connectivity index (χ2n) is 5.23. The number of hydrogen-bond donors (Lipinski definition) is 1. The van der Waals surface area contributed by atoms with Crippen molar-refractivity contribution in [2.75, 3.05) is 45.8 Å². The molecule has 106 valence electrons. The molecule has 0 aromatic carbocycles. The quantitative estimate of drug-likeness (QED) is 0.790. The first-order valence-corrected chi connectivity index (χ1v) is 8.57. The minimum absolute atomic E-state index is 0.156. The van der Waals surface area contributed by atoms with E-state index in [0.29, 0.717) is 13.1 Å². The van der Waals surface area contributed by atoms with E-state index in [-0.39, 0.29) is 5.25 Å². The van der Waals surface area contributed by atoms with Crippen molar-refractivity contribution in [1.82, 2.24) is 14.5 Å². The fourth-order valence-electron chi connectivity index (χ4n) is 2.83. The highest BCUT2D eigenvalue weighted by atomic mass is 32.2. The van der Waals surface area contributed by atoms with E-state index in [0.717, 1.165) is 52.0 Å². The summed E-state index contributed by atoms with van der Waals surface area (Å²) >= 11 is 0. The summed E-state index contributed by atoms with van der Waals surface area (Å²) in [6.45, 7) is 8.04. The fourth-order valence-corrected chi connectivity index (χ4v) is 4.75. The molecule has 0 bridgehead atoms. The van der Waals surface area contributed by atoms with Gasteiger partial charge in [0.05, 0.1) is 5.25 Å². The van der Waals surface area contributed by atoms with Crippen molar-refractivity contribution >= 4 is 10.0 Å². The summed E-state index contributed by atoms with van der Waals surface area (Å²) in [5, 5.41) is 3.07. The van der Waals surface area contributed by atoms with E-state index in [1.807, 2.05) is 0 Å². The molecule has 0 saturated carbocycles. The van der Waals surface area contributed by atoms with Gasteiger partial charge in [-0.1, -0.05) is 6.92 Å². The number of nitrogens with one attached hydrogen (secondary N) is 1. The number of piperidine rings is 1. The summed E-state index contributed by atoms with van der Waals surface area (Å²) in [7, 11) is -3.06. The fraction of sp³-hybridized carbons (Fsp3) is 1.00. The van der Waals surface area contributed by atoms with E-state index in [1.54, 1.807) is 4.31 Å². The second-order valence-corrected chi connectivity index (χ2v) is 7.45. The Morgan fingerprint density at radius 3 is 2.28 bits per heavy atom. The smallest absolute Gasteiger partial charge is 0.217 e. The Kier molecular flexibility index (Phi) is 5.00. The Labute approximate surface area is 111 Å². The molecule has 0 unspecified atom stereocenters. The maximum Gasteiger partial charge on any atom is 0.217 e. The van der Waals surface area contributed by atoms with Crippen molar-refractivity contribution in [3.05, 3.63) is 0 Å². The van der Waals surface area contributed by atoms with Crippen LogP contribution in [0.25, 0.3) is 0 Å². The third-order valence-corrected chi connectivity index (χ3v) is 6.34. The molecule has 0 atom stereocenters. The Bertz CT molecular complexity index is 344. The first kappa shape index (κ1) is 14.2. The Hall–Kier alpha value is -0.170. The van der Waals surface area contributed by atoms with Crippen molar-refractivity contribution in [3.8, 4) is 0 Å². The van der Waals surface area contributed by atoms with Gasteiger partial charge in [0.2, 0.25) is 10.0 Å². The largest absolute Gasteiger partial charge is 0.317 e. The zero-order chi connectivity index (χ0) is 13.0. The van der Waals surface area contributed by atoms with E-state index >= 15 is 0 Å². The van der Waals surface area contributed by atoms with Crippen LogP contribution >= 0.6 is 0 Å². The van der Waals surface area contributed by atoms with Crippen LogP contribution in [-0.4, -0.2) is 68.7 Å². The minimum Gasteiger partial charge on any atom is -0.317 e. The molecule has 0 amide bonds. The summed E-state index contributed by atoms with van der Waals surface area (Å²) in [4.78, 5) is 2.36. The monoisotopic (exact) mass is 275 g/mol. The molecule has 2 aliphatic heterocycles. The molecule has 2 heterocycles. The van der Waals surface area contributed by atoms with Crippen LogP contribution in [0.2, 0.25) is 0 Å². The lowest BCUT2D eigenvalue weighted by molar-refractivity contribution is 0.187. The molecule has 18 heavy (non-hydrogen) atoms. The molecule has 0 spiro atoms. The molecule has 1 N–H and O–H groups in total. The summed E-state index contributed by atoms with van der Waals surface area (Å²) in [6.07, 6.45) is 2.66. The van der Waals surface area contributed by atoms with Gasteiger partial charge in [0.25, 0.3) is 0 Å². The van der Waals surface area contributed by atoms with Crippen LogP contribution in [0.3, 0.4) is 0 Å². The predicted molar refractivity (Wildman–Crippen MR) is 73.1 cm³/mol. The van der Waals surface area contributed by atoms with E-state index in [9.17, 15) is 8.42 Å². The SMILES string of the molecule is CCCN1CCN(S(=O)(=O)C2CCNCC2)CC1. The highest BCUT2D eigenvalue weighted by molar-refractivity contribution is 7.89. The lowest BCUT2D eigenvalue weighted by atomic mass is 10.2. The summed E-state index contributed by atoms with van der Waals surface area (Å²) < 4.78 is 26.7. The van der Waals surface area contributed by atoms with Crippen molar-refractivity contribution in [1.29, 1.82) is 0 Å². The Morgan fingerprint density at radius 1 is 1.11 bits per heavy atom. The summed E-state index contributed by atoms with van der Waals surface area (Å²) in [5.41, 5.74) is 0. The Balaban J connectivity index is 1.91. The first-order chi connectivity index (χ1) is 8.64. The van der Waals surface area contributed by atoms with E-state index in [4.69, 9.17) is 0 Å². The predicted octanol–water partition coefficient (Wildman–Crippen LogP) is 0.0958. The molecule has 5 nitrogen and oxygen atoms in total. The van der Waals surface area contributed by atoms with E-state index in [1.165, 1.54) is 0 Å². The van der Waals surface area contributed by atoms with Gasteiger partial charge < -0.3 is 10.2 Å². The van der Waals surface area contributed by atoms with Gasteiger partial charge >= 0.3 is 0 Å². The number of hydrogen-bond acceptors (Lipinski definition) is 4. The van der Waals surface area contributed by atoms with Crippen molar-refractivity contribution in [2.45, 2.75) is 31.4 Å². The van der Waals surface area contributed by atoms with E-state index < -0.39 is 10.0 Å². The number of rotatable bonds is 4. The van der Waals surface area contributed by atoms with Gasteiger partial charge in [0.15, 0.2) is 0 Å². The van der Waals surface area contributed by atoms with Crippen LogP contribution in [-0.2, 0) is 10.0 Å². The lowest BCUT2D eigenvalue weighted by Crippen LogP contribution is -2.52. The molecule has 2 saturated heterocycles. The average Bonchev–Trinajstić information content (AvgIpc) is 2.41. The van der Waals surface area contributed by atoms with Gasteiger partial charge in [0.1, 0.15) is 0 Å². The molecule has 0 aromatic heterocycles. The molecule has 0 aromatic rings. The van der Waals surface area contributed by atoms with Crippen LogP contribution in [0.5, 0.6) is 0 Å². The highest BCUT2D eigenvalue weighted by Crippen LogP contribution is 2.19. The molecular formula is C12H25N3O2S. The maximum absolute atomic E-state index is 12.5. The Morgan fingerprint density at radius 2 is 1.72 bits per heavy atom. The normalized spacial score (nSPS) is 25.4. The van der Waals surface area contributed by atoms with E-state index in [2.05, 4.69) is 17.1 Å². The average molecular weight is 275 g/mol. The zero-order valence-electron chi connectivity index (χ0n) is 11.3. The standard InChI is InChI=1S/C12H25N3O2S/c1-2-7-14-8-10-15(11-9-14)18(16,17)12-3-5-13-6-4-12/h12-13H,2-11H2,1H3. The maximum atomic E-state index is 12.5. The number of sulfonamides is 1. The van der Waals surface area contributed by atoms with Gasteiger partial charge in [0, 0.05) is 26.2 Å². The van der Waals surface area contributed by atoms with Gasteiger partial charge in [-0.2, -0.15) is 4.31 Å². The first-order valence-electron chi connectivity index (χ1n) is 7.06. The van der Waals surface area contributed by atoms with Gasteiger partial charge in [-0.05, 0) is 38.9 Å². The van der Waals surface area contributed by atoms with Gasteiger partial charge in [-0.3, -0.25) is 0 Å². The number of piperazine rings is 1. The molecule has 0 aliphatic carbocycles. The van der Waals surface area contributed by atoms with Crippen LogP contribution in [0.15, 0.2) is 0 Å². The highest BCUT2D eigenvalue weighted by Gasteiger charge is 2.34. The van der Waals surface area contributed by atoms with Crippen LogP contribution < -0.4 is 5.32 Å². The van der Waals surface area contributed by atoms with Gasteiger partial charge in [-0.15, -0.1) is 0 Å². The molecule has 0 radical (unpaired) electrons. The van der Waals surface area contributed by atoms with Gasteiger partial charge in [-0.25, -0.2) is 8.42 Å². The van der Waals surface area contributed by atoms with Crippen molar-refractivity contribution in [2.24, 2.45) is 0 Å².